The number of hydrogen-bond donors (Lipinski definition) is 2. The van der Waals surface area contributed by atoms with Crippen LogP contribution in [0.1, 0.15) is 31.5 Å². The highest BCUT2D eigenvalue weighted by Crippen LogP contribution is 2.32. The lowest BCUT2D eigenvalue weighted by Gasteiger charge is -2.28. The van der Waals surface area contributed by atoms with Gasteiger partial charge in [0.25, 0.3) is 0 Å². The molecule has 1 aliphatic carbocycles. The molecule has 2 N–H and O–H groups in total. The van der Waals surface area contributed by atoms with E-state index in [0.717, 1.165) is 29.1 Å². The van der Waals surface area contributed by atoms with E-state index in [4.69, 9.17) is 0 Å². The number of aliphatic hydroxyl groups is 1. The zero-order valence-corrected chi connectivity index (χ0v) is 10.9. The summed E-state index contributed by atoms with van der Waals surface area (Å²) in [4.78, 5) is 8.49. The number of halogens is 1. The number of aromatic nitrogens is 2. The molecular weight excluding hydrogens is 270 g/mol. The number of nitrogens with one attached hydrogen (secondary N) is 1. The van der Waals surface area contributed by atoms with Crippen LogP contribution in [0.4, 0.5) is 5.82 Å². The third kappa shape index (κ3) is 2.52. The molecule has 1 fully saturated rings. The van der Waals surface area contributed by atoms with E-state index in [9.17, 15) is 5.11 Å². The van der Waals surface area contributed by atoms with Crippen molar-refractivity contribution in [3.05, 3.63) is 16.5 Å². The van der Waals surface area contributed by atoms with Gasteiger partial charge in [0.05, 0.1) is 12.1 Å². The summed E-state index contributed by atoms with van der Waals surface area (Å²) < 4.78 is 0.772. The fraction of sp³-hybridized carbons (Fsp3) is 0.636. The van der Waals surface area contributed by atoms with Crippen LogP contribution in [0.5, 0.6) is 0 Å². The lowest BCUT2D eigenvalue weighted by molar-refractivity contribution is 0.214. The van der Waals surface area contributed by atoms with Gasteiger partial charge in [-0.25, -0.2) is 9.97 Å². The standard InChI is InChI=1S/C11H16BrN3O/c1-8-13-9(12)6-10(14-8)15-11(7-16)4-2-3-5-11/h6,16H,2-5,7H2,1H3,(H,13,14,15). The van der Waals surface area contributed by atoms with Gasteiger partial charge in [-0.1, -0.05) is 12.8 Å². The Morgan fingerprint density at radius 3 is 2.69 bits per heavy atom. The molecule has 0 radical (unpaired) electrons. The maximum Gasteiger partial charge on any atom is 0.131 e. The average molecular weight is 286 g/mol. The second-order valence-electron chi connectivity index (χ2n) is 4.39. The first-order chi connectivity index (χ1) is 7.63. The van der Waals surface area contributed by atoms with Gasteiger partial charge in [0, 0.05) is 6.07 Å². The van der Waals surface area contributed by atoms with E-state index in [1.807, 2.05) is 13.0 Å². The van der Waals surface area contributed by atoms with Gasteiger partial charge in [-0.3, -0.25) is 0 Å². The maximum absolute atomic E-state index is 9.50. The van der Waals surface area contributed by atoms with Crippen molar-refractivity contribution < 1.29 is 5.11 Å². The van der Waals surface area contributed by atoms with Gasteiger partial charge in [-0.15, -0.1) is 0 Å². The topological polar surface area (TPSA) is 58.0 Å². The third-order valence-corrected chi connectivity index (χ3v) is 3.47. The van der Waals surface area contributed by atoms with E-state index in [1.165, 1.54) is 12.8 Å². The summed E-state index contributed by atoms with van der Waals surface area (Å²) in [5.74, 6) is 1.51. The van der Waals surface area contributed by atoms with Crippen LogP contribution in [0.2, 0.25) is 0 Å². The third-order valence-electron chi connectivity index (χ3n) is 3.06. The van der Waals surface area contributed by atoms with Gasteiger partial charge < -0.3 is 10.4 Å². The number of aliphatic hydroxyl groups excluding tert-OH is 1. The minimum absolute atomic E-state index is 0.160. The van der Waals surface area contributed by atoms with Gasteiger partial charge in [0.2, 0.25) is 0 Å². The van der Waals surface area contributed by atoms with E-state index < -0.39 is 0 Å². The SMILES string of the molecule is Cc1nc(Br)cc(NC2(CO)CCCC2)n1. The summed E-state index contributed by atoms with van der Waals surface area (Å²) >= 11 is 3.35. The fourth-order valence-electron chi connectivity index (χ4n) is 2.24. The highest BCUT2D eigenvalue weighted by molar-refractivity contribution is 9.10. The molecule has 1 heterocycles. The lowest BCUT2D eigenvalue weighted by Crippen LogP contribution is -2.39. The Balaban J connectivity index is 2.18. The Bertz CT molecular complexity index is 357. The van der Waals surface area contributed by atoms with E-state index in [2.05, 4.69) is 31.2 Å². The van der Waals surface area contributed by atoms with Crippen molar-refractivity contribution in [2.75, 3.05) is 11.9 Å². The molecule has 0 spiro atoms. The highest BCUT2D eigenvalue weighted by atomic mass is 79.9. The van der Waals surface area contributed by atoms with Crippen molar-refractivity contribution >= 4 is 21.7 Å². The Kier molecular flexibility index (Phi) is 3.44. The van der Waals surface area contributed by atoms with Crippen LogP contribution in [-0.2, 0) is 0 Å². The molecule has 0 aliphatic heterocycles. The van der Waals surface area contributed by atoms with Crippen LogP contribution in [0.15, 0.2) is 10.7 Å². The quantitative estimate of drug-likeness (QED) is 0.837. The van der Waals surface area contributed by atoms with Crippen molar-refractivity contribution in [3.63, 3.8) is 0 Å². The van der Waals surface area contributed by atoms with Gasteiger partial charge in [-0.2, -0.15) is 0 Å². The molecule has 16 heavy (non-hydrogen) atoms. The Morgan fingerprint density at radius 1 is 1.44 bits per heavy atom. The Hall–Kier alpha value is -0.680. The van der Waals surface area contributed by atoms with Gasteiger partial charge in [0.15, 0.2) is 0 Å². The molecule has 0 bridgehead atoms. The molecule has 1 saturated carbocycles. The number of hydrogen-bond acceptors (Lipinski definition) is 4. The maximum atomic E-state index is 9.50. The smallest absolute Gasteiger partial charge is 0.131 e. The number of nitrogens with zero attached hydrogens (tertiary/aromatic N) is 2. The largest absolute Gasteiger partial charge is 0.394 e. The van der Waals surface area contributed by atoms with Gasteiger partial charge in [0.1, 0.15) is 16.2 Å². The van der Waals surface area contributed by atoms with Gasteiger partial charge >= 0.3 is 0 Å². The molecule has 5 heteroatoms. The Morgan fingerprint density at radius 2 is 2.12 bits per heavy atom. The zero-order valence-electron chi connectivity index (χ0n) is 9.33. The van der Waals surface area contributed by atoms with E-state index in [1.54, 1.807) is 0 Å². The number of anilines is 1. The highest BCUT2D eigenvalue weighted by Gasteiger charge is 2.33. The van der Waals surface area contributed by atoms with Crippen LogP contribution >= 0.6 is 15.9 Å². The molecule has 88 valence electrons. The van der Waals surface area contributed by atoms with Crippen molar-refractivity contribution in [1.82, 2.24) is 9.97 Å². The summed E-state index contributed by atoms with van der Waals surface area (Å²) in [5.41, 5.74) is -0.180. The first-order valence-corrected chi connectivity index (χ1v) is 6.33. The number of aryl methyl sites for hydroxylation is 1. The van der Waals surface area contributed by atoms with Gasteiger partial charge in [-0.05, 0) is 35.7 Å². The van der Waals surface area contributed by atoms with Crippen molar-refractivity contribution in [1.29, 1.82) is 0 Å². The van der Waals surface area contributed by atoms with E-state index in [0.29, 0.717) is 0 Å². The van der Waals surface area contributed by atoms with Crippen molar-refractivity contribution in [2.45, 2.75) is 38.1 Å². The van der Waals surface area contributed by atoms with E-state index in [-0.39, 0.29) is 12.1 Å². The predicted octanol–water partition coefficient (Wildman–Crippen LogP) is 2.26. The molecule has 4 nitrogen and oxygen atoms in total. The molecule has 2 rings (SSSR count). The van der Waals surface area contributed by atoms with Crippen LogP contribution < -0.4 is 5.32 Å². The van der Waals surface area contributed by atoms with Crippen molar-refractivity contribution in [2.24, 2.45) is 0 Å². The number of rotatable bonds is 3. The van der Waals surface area contributed by atoms with Crippen LogP contribution in [-0.4, -0.2) is 27.2 Å². The minimum Gasteiger partial charge on any atom is -0.394 e. The molecular formula is C11H16BrN3O. The lowest BCUT2D eigenvalue weighted by atomic mass is 9.99. The summed E-state index contributed by atoms with van der Waals surface area (Å²) in [6.07, 6.45) is 4.34. The first kappa shape index (κ1) is 11.8. The average Bonchev–Trinajstić information content (AvgIpc) is 2.65. The second-order valence-corrected chi connectivity index (χ2v) is 5.21. The normalized spacial score (nSPS) is 18.7. The summed E-state index contributed by atoms with van der Waals surface area (Å²) in [6.45, 7) is 2.02. The van der Waals surface area contributed by atoms with E-state index >= 15 is 0 Å². The molecule has 1 aromatic heterocycles. The van der Waals surface area contributed by atoms with Crippen LogP contribution in [0.3, 0.4) is 0 Å². The van der Waals surface area contributed by atoms with Crippen molar-refractivity contribution in [3.8, 4) is 0 Å². The fourth-order valence-corrected chi connectivity index (χ4v) is 2.71. The predicted molar refractivity (Wildman–Crippen MR) is 66.4 cm³/mol. The van der Waals surface area contributed by atoms with Crippen LogP contribution in [0, 0.1) is 6.92 Å². The zero-order chi connectivity index (χ0) is 11.6. The molecule has 0 amide bonds. The minimum atomic E-state index is -0.180. The summed E-state index contributed by atoms with van der Waals surface area (Å²) in [7, 11) is 0. The summed E-state index contributed by atoms with van der Waals surface area (Å²) in [6, 6.07) is 1.85. The molecule has 0 unspecified atom stereocenters. The molecule has 0 atom stereocenters. The Labute approximate surface area is 104 Å². The summed E-state index contributed by atoms with van der Waals surface area (Å²) in [5, 5.41) is 12.9. The molecule has 1 aromatic rings. The molecule has 0 aromatic carbocycles. The second kappa shape index (κ2) is 4.67. The van der Waals surface area contributed by atoms with Crippen LogP contribution in [0.25, 0.3) is 0 Å². The monoisotopic (exact) mass is 285 g/mol. The first-order valence-electron chi connectivity index (χ1n) is 5.54. The molecule has 0 saturated heterocycles. The molecule has 1 aliphatic rings.